The molecule has 0 radical (unpaired) electrons. The highest BCUT2D eigenvalue weighted by Crippen LogP contribution is 2.31. The maximum atomic E-state index is 5.76. The Labute approximate surface area is 115 Å². The van der Waals surface area contributed by atoms with Crippen molar-refractivity contribution in [3.63, 3.8) is 0 Å². The van der Waals surface area contributed by atoms with Crippen molar-refractivity contribution in [2.45, 2.75) is 51.6 Å². The molecule has 2 N–H and O–H groups in total. The predicted octanol–water partition coefficient (Wildman–Crippen LogP) is 2.20. The molecule has 1 heterocycles. The molecule has 1 aromatic heterocycles. The van der Waals surface area contributed by atoms with E-state index >= 15 is 0 Å². The summed E-state index contributed by atoms with van der Waals surface area (Å²) in [6.07, 6.45) is 6.94. The van der Waals surface area contributed by atoms with Gasteiger partial charge in [0, 0.05) is 19.0 Å². The Bertz CT molecular complexity index is 421. The fraction of sp³-hybridized carbons (Fsp3) is 0.733. The molecule has 1 aliphatic carbocycles. The van der Waals surface area contributed by atoms with Gasteiger partial charge >= 0.3 is 0 Å². The normalized spacial score (nSPS) is 19.3. The van der Waals surface area contributed by atoms with Crippen molar-refractivity contribution in [3.05, 3.63) is 23.3 Å². The summed E-state index contributed by atoms with van der Waals surface area (Å²) in [5.74, 6) is 1.43. The van der Waals surface area contributed by atoms with Crippen LogP contribution in [0.3, 0.4) is 0 Å². The van der Waals surface area contributed by atoms with Crippen LogP contribution >= 0.6 is 0 Å². The summed E-state index contributed by atoms with van der Waals surface area (Å²) in [4.78, 5) is 9.36. The second kappa shape index (κ2) is 5.97. The Hall–Kier alpha value is -1.00. The number of nitrogens with zero attached hydrogens (tertiary/aromatic N) is 2. The van der Waals surface area contributed by atoms with Crippen LogP contribution in [-0.4, -0.2) is 23.6 Å². The zero-order chi connectivity index (χ0) is 13.9. The summed E-state index contributed by atoms with van der Waals surface area (Å²) in [6.45, 7) is 5.01. The summed E-state index contributed by atoms with van der Waals surface area (Å²) in [5.41, 5.74) is 7.89. The quantitative estimate of drug-likeness (QED) is 0.884. The first-order chi connectivity index (χ1) is 9.19. The Morgan fingerprint density at radius 2 is 2.16 bits per heavy atom. The van der Waals surface area contributed by atoms with Gasteiger partial charge in [-0.1, -0.05) is 13.8 Å². The maximum Gasteiger partial charge on any atom is 0.160 e. The fourth-order valence-electron chi connectivity index (χ4n) is 2.95. The average molecular weight is 263 g/mol. The lowest BCUT2D eigenvalue weighted by Crippen LogP contribution is -2.31. The van der Waals surface area contributed by atoms with E-state index in [0.717, 1.165) is 44.5 Å². The first-order valence-corrected chi connectivity index (χ1v) is 7.29. The second-order valence-corrected chi connectivity index (χ2v) is 5.42. The highest BCUT2D eigenvalue weighted by atomic mass is 16.5. The maximum absolute atomic E-state index is 5.76. The number of hydrogen-bond acceptors (Lipinski definition) is 4. The molecule has 4 heteroatoms. The first-order valence-electron chi connectivity index (χ1n) is 7.29. The van der Waals surface area contributed by atoms with E-state index in [4.69, 9.17) is 15.5 Å². The predicted molar refractivity (Wildman–Crippen MR) is 75.9 cm³/mol. The molecule has 0 saturated carbocycles. The van der Waals surface area contributed by atoms with Crippen molar-refractivity contribution in [2.75, 3.05) is 13.7 Å². The molecule has 0 saturated heterocycles. The van der Waals surface area contributed by atoms with E-state index in [0.29, 0.717) is 5.92 Å². The minimum absolute atomic E-state index is 0.334. The first kappa shape index (κ1) is 14.4. The second-order valence-electron chi connectivity index (χ2n) is 5.42. The highest BCUT2D eigenvalue weighted by molar-refractivity contribution is 5.23. The molecular formula is C15H25N3O. The van der Waals surface area contributed by atoms with Crippen LogP contribution < -0.4 is 5.73 Å². The highest BCUT2D eigenvalue weighted by Gasteiger charge is 2.32. The molecule has 0 aromatic carbocycles. The molecule has 106 valence electrons. The van der Waals surface area contributed by atoms with Gasteiger partial charge in [0.25, 0.3) is 0 Å². The van der Waals surface area contributed by atoms with Gasteiger partial charge in [0.15, 0.2) is 5.82 Å². The van der Waals surface area contributed by atoms with Crippen LogP contribution in [0.25, 0.3) is 0 Å². The minimum atomic E-state index is -0.334. The van der Waals surface area contributed by atoms with E-state index in [9.17, 15) is 0 Å². The summed E-state index contributed by atoms with van der Waals surface area (Å²) < 4.78 is 5.71. The number of aromatic nitrogens is 2. The topological polar surface area (TPSA) is 61.0 Å². The van der Waals surface area contributed by atoms with Crippen molar-refractivity contribution < 1.29 is 4.74 Å². The van der Waals surface area contributed by atoms with Gasteiger partial charge < -0.3 is 10.5 Å². The van der Waals surface area contributed by atoms with E-state index in [1.165, 1.54) is 11.3 Å². The fourth-order valence-corrected chi connectivity index (χ4v) is 2.95. The zero-order valence-electron chi connectivity index (χ0n) is 12.3. The zero-order valence-corrected chi connectivity index (χ0v) is 12.3. The number of rotatable bonds is 5. The van der Waals surface area contributed by atoms with Gasteiger partial charge in [-0.25, -0.2) is 9.97 Å². The van der Waals surface area contributed by atoms with Gasteiger partial charge in [-0.05, 0) is 50.1 Å². The van der Waals surface area contributed by atoms with Crippen LogP contribution in [0.1, 0.15) is 50.2 Å². The molecule has 2 rings (SSSR count). The van der Waals surface area contributed by atoms with Crippen molar-refractivity contribution in [3.8, 4) is 0 Å². The van der Waals surface area contributed by atoms with Crippen molar-refractivity contribution >= 4 is 0 Å². The third-order valence-electron chi connectivity index (χ3n) is 4.53. The molecule has 0 aliphatic heterocycles. The van der Waals surface area contributed by atoms with Crippen LogP contribution in [-0.2, 0) is 23.2 Å². The lowest BCUT2D eigenvalue weighted by molar-refractivity contribution is -0.0294. The lowest BCUT2D eigenvalue weighted by Gasteiger charge is -2.30. The third-order valence-corrected chi connectivity index (χ3v) is 4.53. The number of fused-ring (bicyclic) bond motifs is 1. The van der Waals surface area contributed by atoms with E-state index in [1.807, 2.05) is 6.20 Å². The van der Waals surface area contributed by atoms with Gasteiger partial charge in [0.1, 0.15) is 5.60 Å². The molecule has 0 amide bonds. The number of hydrogen-bond donors (Lipinski definition) is 1. The van der Waals surface area contributed by atoms with Crippen molar-refractivity contribution in [1.82, 2.24) is 9.97 Å². The third kappa shape index (κ3) is 2.65. The van der Waals surface area contributed by atoms with Gasteiger partial charge in [0.05, 0.1) is 0 Å². The molecule has 4 nitrogen and oxygen atoms in total. The summed E-state index contributed by atoms with van der Waals surface area (Å²) in [5, 5.41) is 0. The van der Waals surface area contributed by atoms with E-state index in [2.05, 4.69) is 18.8 Å². The Kier molecular flexibility index (Phi) is 4.53. The number of aryl methyl sites for hydroxylation is 1. The minimum Gasteiger partial charge on any atom is -0.370 e. The average Bonchev–Trinajstić information content (AvgIpc) is 2.49. The molecule has 1 atom stereocenters. The Morgan fingerprint density at radius 3 is 2.74 bits per heavy atom. The smallest absolute Gasteiger partial charge is 0.160 e. The molecule has 1 aromatic rings. The summed E-state index contributed by atoms with van der Waals surface area (Å²) in [7, 11) is 1.75. The van der Waals surface area contributed by atoms with Gasteiger partial charge in [-0.2, -0.15) is 0 Å². The van der Waals surface area contributed by atoms with Crippen molar-refractivity contribution in [1.29, 1.82) is 0 Å². The van der Waals surface area contributed by atoms with Gasteiger partial charge in [-0.15, -0.1) is 0 Å². The van der Waals surface area contributed by atoms with Crippen LogP contribution in [0.4, 0.5) is 0 Å². The number of nitrogens with two attached hydrogens (primary N) is 1. The molecular weight excluding hydrogens is 238 g/mol. The van der Waals surface area contributed by atoms with E-state index in [-0.39, 0.29) is 5.60 Å². The molecule has 1 aliphatic rings. The van der Waals surface area contributed by atoms with Gasteiger partial charge in [-0.3, -0.25) is 0 Å². The molecule has 0 fully saturated rings. The van der Waals surface area contributed by atoms with E-state index < -0.39 is 0 Å². The standard InChI is InChI=1S/C15H25N3O/c1-4-15(5-2,19-3)14-17-10-12-8-11(9-16)6-7-13(12)18-14/h10-11H,4-9,16H2,1-3H3. The Morgan fingerprint density at radius 1 is 1.42 bits per heavy atom. The van der Waals surface area contributed by atoms with Crippen LogP contribution in [0.15, 0.2) is 6.20 Å². The number of ether oxygens (including phenoxy) is 1. The van der Waals surface area contributed by atoms with Crippen LogP contribution in [0.2, 0.25) is 0 Å². The molecule has 19 heavy (non-hydrogen) atoms. The SMILES string of the molecule is CCC(CC)(OC)c1ncc2c(n1)CCC(CN)C2. The monoisotopic (exact) mass is 263 g/mol. The van der Waals surface area contributed by atoms with Crippen molar-refractivity contribution in [2.24, 2.45) is 11.7 Å². The van der Waals surface area contributed by atoms with Gasteiger partial charge in [0.2, 0.25) is 0 Å². The summed E-state index contributed by atoms with van der Waals surface area (Å²) in [6, 6.07) is 0. The molecule has 0 bridgehead atoms. The lowest BCUT2D eigenvalue weighted by atomic mass is 9.87. The Balaban J connectivity index is 2.31. The molecule has 0 spiro atoms. The largest absolute Gasteiger partial charge is 0.370 e. The van der Waals surface area contributed by atoms with E-state index in [1.54, 1.807) is 7.11 Å². The summed E-state index contributed by atoms with van der Waals surface area (Å²) >= 11 is 0. The van der Waals surface area contributed by atoms with Crippen LogP contribution in [0.5, 0.6) is 0 Å². The number of methoxy groups -OCH3 is 1. The molecule has 1 unspecified atom stereocenters. The van der Waals surface area contributed by atoms with Crippen LogP contribution in [0, 0.1) is 5.92 Å².